The molecule has 1 saturated heterocycles. The maximum absolute atomic E-state index is 12.5. The predicted molar refractivity (Wildman–Crippen MR) is 79.0 cm³/mol. The molecule has 1 unspecified atom stereocenters. The van der Waals surface area contributed by atoms with Crippen LogP contribution in [0.4, 0.5) is 5.69 Å². The highest BCUT2D eigenvalue weighted by Crippen LogP contribution is 2.32. The van der Waals surface area contributed by atoms with Crippen molar-refractivity contribution < 1.29 is 19.6 Å². The summed E-state index contributed by atoms with van der Waals surface area (Å²) in [7, 11) is 0. The molecular weight excluding hydrogens is 312 g/mol. The number of nitro groups is 1. The lowest BCUT2D eigenvalue weighted by Gasteiger charge is -2.37. The molecule has 0 spiro atoms. The lowest BCUT2D eigenvalue weighted by molar-refractivity contribution is -0.384. The summed E-state index contributed by atoms with van der Waals surface area (Å²) in [4.78, 5) is 35.3. The van der Waals surface area contributed by atoms with E-state index in [1.54, 1.807) is 6.92 Å². The van der Waals surface area contributed by atoms with Gasteiger partial charge in [-0.3, -0.25) is 19.7 Å². The molecule has 0 aromatic heterocycles. The van der Waals surface area contributed by atoms with Gasteiger partial charge in [0.05, 0.1) is 20.9 Å². The van der Waals surface area contributed by atoms with E-state index in [1.165, 1.54) is 17.0 Å². The zero-order valence-corrected chi connectivity index (χ0v) is 12.7. The molecule has 8 heteroatoms. The number of hydrogen-bond donors (Lipinski definition) is 1. The van der Waals surface area contributed by atoms with Crippen LogP contribution in [0.1, 0.15) is 30.1 Å². The third-order valence-electron chi connectivity index (χ3n) is 3.89. The molecular formula is C14H15ClN2O5. The van der Waals surface area contributed by atoms with E-state index in [0.29, 0.717) is 19.4 Å². The van der Waals surface area contributed by atoms with Crippen molar-refractivity contribution >= 4 is 29.2 Å². The lowest BCUT2D eigenvalue weighted by atomic mass is 9.82. The number of non-ortho nitro benzene ring substituents is 1. The van der Waals surface area contributed by atoms with Crippen molar-refractivity contribution in [2.24, 2.45) is 5.41 Å². The van der Waals surface area contributed by atoms with Crippen LogP contribution in [0.2, 0.25) is 5.02 Å². The summed E-state index contributed by atoms with van der Waals surface area (Å²) in [6, 6.07) is 3.63. The summed E-state index contributed by atoms with van der Waals surface area (Å²) in [5, 5.41) is 20.0. The number of benzene rings is 1. The first-order chi connectivity index (χ1) is 10.2. The highest BCUT2D eigenvalue weighted by atomic mass is 35.5. The van der Waals surface area contributed by atoms with Gasteiger partial charge < -0.3 is 10.0 Å². The Balaban J connectivity index is 2.25. The molecule has 0 bridgehead atoms. The van der Waals surface area contributed by atoms with Gasteiger partial charge >= 0.3 is 5.97 Å². The molecule has 1 fully saturated rings. The number of carboxylic acids is 1. The molecule has 1 N–H and O–H groups in total. The Morgan fingerprint density at radius 3 is 2.68 bits per heavy atom. The molecule has 7 nitrogen and oxygen atoms in total. The van der Waals surface area contributed by atoms with Crippen LogP contribution in [-0.2, 0) is 4.79 Å². The van der Waals surface area contributed by atoms with Gasteiger partial charge in [-0.05, 0) is 25.8 Å². The van der Waals surface area contributed by atoms with Gasteiger partial charge in [0.2, 0.25) is 0 Å². The second-order valence-electron chi connectivity index (χ2n) is 5.62. The van der Waals surface area contributed by atoms with Gasteiger partial charge in [0, 0.05) is 25.2 Å². The Morgan fingerprint density at radius 1 is 1.45 bits per heavy atom. The van der Waals surface area contributed by atoms with Crippen molar-refractivity contribution in [1.29, 1.82) is 0 Å². The third kappa shape index (κ3) is 3.04. The number of halogens is 1. The van der Waals surface area contributed by atoms with Crippen LogP contribution in [-0.4, -0.2) is 39.9 Å². The van der Waals surface area contributed by atoms with E-state index in [4.69, 9.17) is 11.6 Å². The maximum atomic E-state index is 12.5. The number of carbonyl (C=O) groups is 2. The Labute approximate surface area is 131 Å². The van der Waals surface area contributed by atoms with E-state index < -0.39 is 22.2 Å². The number of nitrogens with zero attached hydrogens (tertiary/aromatic N) is 2. The fourth-order valence-electron chi connectivity index (χ4n) is 2.55. The normalized spacial score (nSPS) is 21.5. The Hall–Kier alpha value is -2.15. The van der Waals surface area contributed by atoms with Crippen molar-refractivity contribution in [3.05, 3.63) is 38.9 Å². The molecule has 1 aliphatic heterocycles. The number of rotatable bonds is 3. The molecule has 1 amide bonds. The van der Waals surface area contributed by atoms with Crippen molar-refractivity contribution in [2.45, 2.75) is 19.8 Å². The van der Waals surface area contributed by atoms with Gasteiger partial charge in [-0.1, -0.05) is 11.6 Å². The smallest absolute Gasteiger partial charge is 0.311 e. The number of likely N-dealkylation sites (tertiary alicyclic amines) is 1. The molecule has 118 valence electrons. The van der Waals surface area contributed by atoms with Crippen LogP contribution < -0.4 is 0 Å². The van der Waals surface area contributed by atoms with Crippen molar-refractivity contribution in [3.8, 4) is 0 Å². The number of carbonyl (C=O) groups excluding carboxylic acids is 1. The molecule has 1 atom stereocenters. The Morgan fingerprint density at radius 2 is 2.14 bits per heavy atom. The van der Waals surface area contributed by atoms with Gasteiger partial charge in [0.15, 0.2) is 0 Å². The van der Waals surface area contributed by atoms with Crippen LogP contribution in [0.3, 0.4) is 0 Å². The van der Waals surface area contributed by atoms with Crippen LogP contribution in [0, 0.1) is 15.5 Å². The minimum atomic E-state index is -0.985. The molecule has 22 heavy (non-hydrogen) atoms. The Kier molecular flexibility index (Phi) is 4.37. The van der Waals surface area contributed by atoms with Gasteiger partial charge in [-0.15, -0.1) is 0 Å². The molecule has 1 aromatic rings. The van der Waals surface area contributed by atoms with E-state index in [9.17, 15) is 24.8 Å². The van der Waals surface area contributed by atoms with Crippen molar-refractivity contribution in [1.82, 2.24) is 4.90 Å². The van der Waals surface area contributed by atoms with Crippen LogP contribution >= 0.6 is 11.6 Å². The largest absolute Gasteiger partial charge is 0.481 e. The summed E-state index contributed by atoms with van der Waals surface area (Å²) < 4.78 is 0. The number of aliphatic carboxylic acids is 1. The topological polar surface area (TPSA) is 101 Å². The molecule has 0 saturated carbocycles. The zero-order valence-electron chi connectivity index (χ0n) is 11.9. The first kappa shape index (κ1) is 16.2. The summed E-state index contributed by atoms with van der Waals surface area (Å²) in [5.41, 5.74) is -1.04. The quantitative estimate of drug-likeness (QED) is 0.679. The van der Waals surface area contributed by atoms with E-state index in [1.807, 2.05) is 0 Å². The van der Waals surface area contributed by atoms with Crippen LogP contribution in [0.25, 0.3) is 0 Å². The summed E-state index contributed by atoms with van der Waals surface area (Å²) in [6.07, 6.45) is 1.08. The average Bonchev–Trinajstić information content (AvgIpc) is 2.46. The van der Waals surface area contributed by atoms with Crippen molar-refractivity contribution in [2.75, 3.05) is 13.1 Å². The minimum Gasteiger partial charge on any atom is -0.481 e. The van der Waals surface area contributed by atoms with Gasteiger partial charge in [0.1, 0.15) is 0 Å². The first-order valence-corrected chi connectivity index (χ1v) is 7.09. The SMILES string of the molecule is CC1(C(=O)O)CCCN(C(=O)c2ccc([N+](=O)[O-])cc2Cl)C1. The van der Waals surface area contributed by atoms with E-state index >= 15 is 0 Å². The number of hydrogen-bond acceptors (Lipinski definition) is 4. The zero-order chi connectivity index (χ0) is 16.5. The summed E-state index contributed by atoms with van der Waals surface area (Å²) >= 11 is 5.95. The number of amides is 1. The van der Waals surface area contributed by atoms with E-state index in [0.717, 1.165) is 6.07 Å². The van der Waals surface area contributed by atoms with E-state index in [-0.39, 0.29) is 22.8 Å². The molecule has 1 aliphatic rings. The summed E-state index contributed by atoms with van der Waals surface area (Å²) in [5.74, 6) is -1.35. The third-order valence-corrected chi connectivity index (χ3v) is 4.21. The fourth-order valence-corrected chi connectivity index (χ4v) is 2.80. The second kappa shape index (κ2) is 5.92. The van der Waals surface area contributed by atoms with E-state index in [2.05, 4.69) is 0 Å². The number of nitro benzene ring substituents is 1. The standard InChI is InChI=1S/C14H15ClN2O5/c1-14(13(19)20)5-2-6-16(8-14)12(18)10-4-3-9(17(21)22)7-11(10)15/h3-4,7H,2,5-6,8H2,1H3,(H,19,20). The average molecular weight is 327 g/mol. The monoisotopic (exact) mass is 326 g/mol. The molecule has 0 radical (unpaired) electrons. The van der Waals surface area contributed by atoms with Crippen LogP contribution in [0.15, 0.2) is 18.2 Å². The maximum Gasteiger partial charge on any atom is 0.311 e. The molecule has 0 aliphatic carbocycles. The predicted octanol–water partition coefficient (Wildman–Crippen LogP) is 2.58. The number of piperidine rings is 1. The fraction of sp³-hybridized carbons (Fsp3) is 0.429. The molecule has 2 rings (SSSR count). The van der Waals surface area contributed by atoms with Gasteiger partial charge in [-0.2, -0.15) is 0 Å². The number of carboxylic acid groups (broad SMARTS) is 1. The van der Waals surface area contributed by atoms with Crippen LogP contribution in [0.5, 0.6) is 0 Å². The highest BCUT2D eigenvalue weighted by molar-refractivity contribution is 6.34. The second-order valence-corrected chi connectivity index (χ2v) is 6.02. The van der Waals surface area contributed by atoms with Gasteiger partial charge in [-0.25, -0.2) is 0 Å². The minimum absolute atomic E-state index is 0.0122. The molecule has 1 aromatic carbocycles. The first-order valence-electron chi connectivity index (χ1n) is 6.71. The molecule has 1 heterocycles. The van der Waals surface area contributed by atoms with Crippen molar-refractivity contribution in [3.63, 3.8) is 0 Å². The summed E-state index contributed by atoms with van der Waals surface area (Å²) in [6.45, 7) is 2.13. The van der Waals surface area contributed by atoms with Gasteiger partial charge in [0.25, 0.3) is 11.6 Å². The lowest BCUT2D eigenvalue weighted by Crippen LogP contribution is -2.48. The Bertz CT molecular complexity index is 648. The highest BCUT2D eigenvalue weighted by Gasteiger charge is 2.39.